The second-order valence-electron chi connectivity index (χ2n) is 3.87. The molecule has 0 aromatic heterocycles. The zero-order valence-electron chi connectivity index (χ0n) is 10.8. The average Bonchev–Trinajstić information content (AvgIpc) is 2.31. The van der Waals surface area contributed by atoms with Gasteiger partial charge in [0.25, 0.3) is 5.69 Å². The molecule has 18 heavy (non-hydrogen) atoms. The van der Waals surface area contributed by atoms with E-state index < -0.39 is 4.92 Å². The summed E-state index contributed by atoms with van der Waals surface area (Å²) in [6.07, 6.45) is 0. The quantitative estimate of drug-likeness (QED) is 0.597. The Hall–Kier alpha value is -1.82. The van der Waals surface area contributed by atoms with Crippen molar-refractivity contribution in [2.24, 2.45) is 0 Å². The molecule has 100 valence electrons. The number of nitrogens with one attached hydrogen (secondary N) is 1. The highest BCUT2D eigenvalue weighted by molar-refractivity contribution is 5.64. The van der Waals surface area contributed by atoms with E-state index in [1.165, 1.54) is 6.07 Å². The Labute approximate surface area is 106 Å². The monoisotopic (exact) mass is 254 g/mol. The molecule has 0 aliphatic heterocycles. The van der Waals surface area contributed by atoms with E-state index in [4.69, 9.17) is 9.47 Å². The van der Waals surface area contributed by atoms with Crippen molar-refractivity contribution in [2.75, 3.05) is 25.6 Å². The van der Waals surface area contributed by atoms with Crippen LogP contribution >= 0.6 is 0 Å². The fourth-order valence-electron chi connectivity index (χ4n) is 1.60. The van der Waals surface area contributed by atoms with Crippen LogP contribution in [0.25, 0.3) is 0 Å². The van der Waals surface area contributed by atoms with Gasteiger partial charge >= 0.3 is 0 Å². The fraction of sp³-hybridized carbons (Fsp3) is 0.500. The Balaban J connectivity index is 2.93. The standard InChI is InChI=1S/C12H18N2O4/c1-4-18-10-5-6-11(12(7-10)14(15)16)13-9(2)8-17-3/h5-7,9,13H,4,8H2,1-3H3. The number of nitro groups is 1. The van der Waals surface area contributed by atoms with Crippen LogP contribution in [0.15, 0.2) is 18.2 Å². The minimum atomic E-state index is -0.426. The Bertz CT molecular complexity index is 409. The summed E-state index contributed by atoms with van der Waals surface area (Å²) in [5.74, 6) is 0.495. The molecule has 1 rings (SSSR count). The molecule has 0 radical (unpaired) electrons. The van der Waals surface area contributed by atoms with Gasteiger partial charge in [0, 0.05) is 13.2 Å². The van der Waals surface area contributed by atoms with E-state index in [0.717, 1.165) is 0 Å². The molecule has 0 saturated heterocycles. The van der Waals surface area contributed by atoms with Gasteiger partial charge in [0.05, 0.1) is 24.2 Å². The molecule has 1 atom stereocenters. The molecule has 0 heterocycles. The van der Waals surface area contributed by atoms with Gasteiger partial charge in [-0.25, -0.2) is 0 Å². The highest BCUT2D eigenvalue weighted by Gasteiger charge is 2.16. The largest absolute Gasteiger partial charge is 0.494 e. The third-order valence-corrected chi connectivity index (χ3v) is 2.30. The van der Waals surface area contributed by atoms with Gasteiger partial charge in [0.1, 0.15) is 11.4 Å². The van der Waals surface area contributed by atoms with E-state index in [-0.39, 0.29) is 11.7 Å². The van der Waals surface area contributed by atoms with Crippen LogP contribution in [-0.4, -0.2) is 31.3 Å². The van der Waals surface area contributed by atoms with E-state index >= 15 is 0 Å². The van der Waals surface area contributed by atoms with Crippen LogP contribution in [0, 0.1) is 10.1 Å². The number of rotatable bonds is 7. The van der Waals surface area contributed by atoms with Crippen molar-refractivity contribution in [3.05, 3.63) is 28.3 Å². The van der Waals surface area contributed by atoms with Crippen molar-refractivity contribution in [1.82, 2.24) is 0 Å². The number of methoxy groups -OCH3 is 1. The third-order valence-electron chi connectivity index (χ3n) is 2.30. The van der Waals surface area contributed by atoms with Gasteiger partial charge in [-0.2, -0.15) is 0 Å². The number of ether oxygens (including phenoxy) is 2. The molecule has 6 nitrogen and oxygen atoms in total. The highest BCUT2D eigenvalue weighted by Crippen LogP contribution is 2.29. The molecule has 1 aromatic carbocycles. The van der Waals surface area contributed by atoms with Crippen molar-refractivity contribution < 1.29 is 14.4 Å². The maximum absolute atomic E-state index is 11.0. The Morgan fingerprint density at radius 3 is 2.78 bits per heavy atom. The van der Waals surface area contributed by atoms with Gasteiger partial charge < -0.3 is 14.8 Å². The first-order valence-electron chi connectivity index (χ1n) is 5.75. The Morgan fingerprint density at radius 2 is 2.22 bits per heavy atom. The number of hydrogen-bond acceptors (Lipinski definition) is 5. The molecule has 0 aliphatic carbocycles. The highest BCUT2D eigenvalue weighted by atomic mass is 16.6. The summed E-state index contributed by atoms with van der Waals surface area (Å²) in [6.45, 7) is 4.68. The third kappa shape index (κ3) is 3.89. The number of hydrogen-bond donors (Lipinski definition) is 1. The normalized spacial score (nSPS) is 11.9. The van der Waals surface area contributed by atoms with Gasteiger partial charge in [-0.1, -0.05) is 0 Å². The summed E-state index contributed by atoms with van der Waals surface area (Å²) < 4.78 is 10.2. The molecular weight excluding hydrogens is 236 g/mol. The number of anilines is 1. The average molecular weight is 254 g/mol. The topological polar surface area (TPSA) is 73.6 Å². The van der Waals surface area contributed by atoms with E-state index in [0.29, 0.717) is 24.7 Å². The summed E-state index contributed by atoms with van der Waals surface area (Å²) in [5.41, 5.74) is 0.469. The molecular formula is C12H18N2O4. The van der Waals surface area contributed by atoms with Gasteiger partial charge in [0.15, 0.2) is 0 Å². The van der Waals surface area contributed by atoms with Crippen LogP contribution in [0.4, 0.5) is 11.4 Å². The van der Waals surface area contributed by atoms with Crippen LogP contribution < -0.4 is 10.1 Å². The van der Waals surface area contributed by atoms with Crippen molar-refractivity contribution in [2.45, 2.75) is 19.9 Å². The summed E-state index contributed by atoms with van der Waals surface area (Å²) in [6, 6.07) is 4.77. The predicted octanol–water partition coefficient (Wildman–Crippen LogP) is 2.44. The van der Waals surface area contributed by atoms with Crippen molar-refractivity contribution in [3.8, 4) is 5.75 Å². The Kier molecular flexibility index (Phi) is 5.38. The second-order valence-corrected chi connectivity index (χ2v) is 3.87. The van der Waals surface area contributed by atoms with Crippen LogP contribution in [0.5, 0.6) is 5.75 Å². The van der Waals surface area contributed by atoms with E-state index in [9.17, 15) is 10.1 Å². The summed E-state index contributed by atoms with van der Waals surface area (Å²) in [4.78, 5) is 10.6. The van der Waals surface area contributed by atoms with Crippen molar-refractivity contribution in [1.29, 1.82) is 0 Å². The van der Waals surface area contributed by atoms with Crippen LogP contribution in [0.2, 0.25) is 0 Å². The molecule has 0 spiro atoms. The van der Waals surface area contributed by atoms with Crippen molar-refractivity contribution >= 4 is 11.4 Å². The van der Waals surface area contributed by atoms with E-state index in [1.54, 1.807) is 19.2 Å². The van der Waals surface area contributed by atoms with E-state index in [1.807, 2.05) is 13.8 Å². The lowest BCUT2D eigenvalue weighted by molar-refractivity contribution is -0.384. The summed E-state index contributed by atoms with van der Waals surface area (Å²) in [7, 11) is 1.59. The first-order chi connectivity index (χ1) is 8.58. The number of nitro benzene ring substituents is 1. The van der Waals surface area contributed by atoms with Gasteiger partial charge in [-0.3, -0.25) is 10.1 Å². The molecule has 0 saturated carbocycles. The Morgan fingerprint density at radius 1 is 1.50 bits per heavy atom. The van der Waals surface area contributed by atoms with Gasteiger partial charge in [0.2, 0.25) is 0 Å². The maximum Gasteiger partial charge on any atom is 0.296 e. The SMILES string of the molecule is CCOc1ccc(NC(C)COC)c([N+](=O)[O-])c1. The predicted molar refractivity (Wildman–Crippen MR) is 69.2 cm³/mol. The lowest BCUT2D eigenvalue weighted by Gasteiger charge is -2.14. The molecule has 1 N–H and O–H groups in total. The zero-order chi connectivity index (χ0) is 13.5. The molecule has 1 unspecified atom stereocenters. The fourth-order valence-corrected chi connectivity index (χ4v) is 1.60. The molecule has 0 aliphatic rings. The summed E-state index contributed by atoms with van der Waals surface area (Å²) in [5, 5.41) is 14.0. The molecule has 0 bridgehead atoms. The minimum absolute atomic E-state index is 0.00361. The smallest absolute Gasteiger partial charge is 0.296 e. The molecule has 1 aromatic rings. The number of benzene rings is 1. The lowest BCUT2D eigenvalue weighted by Crippen LogP contribution is -2.21. The van der Waals surface area contributed by atoms with Gasteiger partial charge in [-0.15, -0.1) is 0 Å². The first kappa shape index (κ1) is 14.2. The van der Waals surface area contributed by atoms with Gasteiger partial charge in [-0.05, 0) is 26.0 Å². The second kappa shape index (κ2) is 6.80. The number of nitrogens with zero attached hydrogens (tertiary/aromatic N) is 1. The molecule has 0 amide bonds. The van der Waals surface area contributed by atoms with Crippen LogP contribution in [0.1, 0.15) is 13.8 Å². The van der Waals surface area contributed by atoms with Crippen LogP contribution in [0.3, 0.4) is 0 Å². The minimum Gasteiger partial charge on any atom is -0.494 e. The molecule has 6 heteroatoms. The molecule has 0 fully saturated rings. The van der Waals surface area contributed by atoms with E-state index in [2.05, 4.69) is 5.32 Å². The maximum atomic E-state index is 11.0. The lowest BCUT2D eigenvalue weighted by atomic mass is 10.2. The zero-order valence-corrected chi connectivity index (χ0v) is 10.8. The van der Waals surface area contributed by atoms with Crippen LogP contribution in [-0.2, 0) is 4.74 Å². The summed E-state index contributed by atoms with van der Waals surface area (Å²) >= 11 is 0. The first-order valence-corrected chi connectivity index (χ1v) is 5.75. The van der Waals surface area contributed by atoms with Crippen molar-refractivity contribution in [3.63, 3.8) is 0 Å².